The Kier molecular flexibility index (Phi) is 6.82. The fourth-order valence-corrected chi connectivity index (χ4v) is 3.95. The normalized spacial score (nSPS) is 13.3. The average Bonchev–Trinajstić information content (AvgIpc) is 3.04. The third-order valence-corrected chi connectivity index (χ3v) is 6.15. The second-order valence-corrected chi connectivity index (χ2v) is 8.72. The van der Waals surface area contributed by atoms with Gasteiger partial charge in [-0.25, -0.2) is 4.90 Å². The maximum atomic E-state index is 13.2. The predicted octanol–water partition coefficient (Wildman–Crippen LogP) is 5.65. The van der Waals surface area contributed by atoms with E-state index >= 15 is 0 Å². The molecule has 0 fully saturated rings. The first-order chi connectivity index (χ1) is 16.7. The second-order valence-electron chi connectivity index (χ2n) is 7.91. The minimum atomic E-state index is -0.719. The summed E-state index contributed by atoms with van der Waals surface area (Å²) in [6, 6.07) is 16.7. The van der Waals surface area contributed by atoms with Gasteiger partial charge >= 0.3 is 0 Å². The number of hydrogen-bond acceptors (Lipinski definition) is 5. The molecule has 3 aromatic carbocycles. The topological polar surface area (TPSA) is 87.7 Å². The third kappa shape index (κ3) is 4.87. The van der Waals surface area contributed by atoms with Crippen LogP contribution >= 0.6 is 23.2 Å². The number of benzene rings is 3. The Morgan fingerprint density at radius 1 is 0.886 bits per heavy atom. The van der Waals surface area contributed by atoms with Crippen LogP contribution in [-0.2, 0) is 9.59 Å². The largest absolute Gasteiger partial charge is 0.495 e. The van der Waals surface area contributed by atoms with Gasteiger partial charge in [0, 0.05) is 22.0 Å². The Morgan fingerprint density at radius 3 is 2.37 bits per heavy atom. The number of ether oxygens (including phenoxy) is 1. The molecule has 1 aliphatic heterocycles. The highest BCUT2D eigenvalue weighted by Crippen LogP contribution is 2.37. The van der Waals surface area contributed by atoms with Crippen LogP contribution in [0.1, 0.15) is 21.5 Å². The fourth-order valence-electron chi connectivity index (χ4n) is 3.57. The number of anilines is 3. The molecular formula is C26H21Cl2N3O4. The van der Waals surface area contributed by atoms with E-state index in [4.69, 9.17) is 27.9 Å². The number of nitrogens with one attached hydrogen (secondary N) is 2. The van der Waals surface area contributed by atoms with Gasteiger partial charge in [-0.3, -0.25) is 14.4 Å². The Hall–Kier alpha value is -3.81. The fraction of sp³-hybridized carbons (Fsp3) is 0.115. The zero-order chi connectivity index (χ0) is 25.3. The van der Waals surface area contributed by atoms with Crippen LogP contribution in [0.4, 0.5) is 17.1 Å². The highest BCUT2D eigenvalue weighted by Gasteiger charge is 2.40. The molecule has 0 saturated heterocycles. The number of carbonyl (C=O) groups excluding carboxylic acids is 3. The molecule has 3 aromatic rings. The van der Waals surface area contributed by atoms with Crippen molar-refractivity contribution in [1.29, 1.82) is 0 Å². The summed E-state index contributed by atoms with van der Waals surface area (Å²) in [7, 11) is 1.42. The van der Waals surface area contributed by atoms with Crippen LogP contribution < -0.4 is 20.3 Å². The molecule has 7 nitrogen and oxygen atoms in total. The van der Waals surface area contributed by atoms with Crippen LogP contribution in [0.2, 0.25) is 5.02 Å². The summed E-state index contributed by atoms with van der Waals surface area (Å²) in [5.41, 5.74) is 3.67. The number of hydrogen-bond donors (Lipinski definition) is 2. The van der Waals surface area contributed by atoms with Crippen molar-refractivity contribution in [3.05, 3.63) is 93.1 Å². The summed E-state index contributed by atoms with van der Waals surface area (Å²) in [4.78, 5) is 39.7. The van der Waals surface area contributed by atoms with E-state index in [0.717, 1.165) is 16.0 Å². The van der Waals surface area contributed by atoms with Crippen LogP contribution in [0.15, 0.2) is 71.4 Å². The number of halogens is 2. The molecule has 3 amide bonds. The SMILES string of the molecule is COc1ccc(Cl)cc1N1C(=O)C(Cl)=C(Nc2cccc(C(=O)Nc3ccc(C)c(C)c3)c2)C1=O. The number of carbonyl (C=O) groups is 3. The van der Waals surface area contributed by atoms with Gasteiger partial charge in [0.25, 0.3) is 17.7 Å². The average molecular weight is 510 g/mol. The molecule has 0 spiro atoms. The lowest BCUT2D eigenvalue weighted by molar-refractivity contribution is -0.120. The molecule has 2 N–H and O–H groups in total. The molecule has 0 aliphatic carbocycles. The predicted molar refractivity (Wildman–Crippen MR) is 137 cm³/mol. The summed E-state index contributed by atoms with van der Waals surface area (Å²) < 4.78 is 5.27. The maximum absolute atomic E-state index is 13.2. The molecule has 0 bridgehead atoms. The van der Waals surface area contributed by atoms with Crippen molar-refractivity contribution in [2.45, 2.75) is 13.8 Å². The molecule has 9 heteroatoms. The van der Waals surface area contributed by atoms with E-state index in [-0.39, 0.29) is 28.1 Å². The molecule has 178 valence electrons. The molecule has 0 atom stereocenters. The van der Waals surface area contributed by atoms with Crippen molar-refractivity contribution >= 4 is 58.0 Å². The number of aryl methyl sites for hydroxylation is 2. The molecule has 0 unspecified atom stereocenters. The number of rotatable bonds is 6. The lowest BCUT2D eigenvalue weighted by Crippen LogP contribution is -2.32. The Labute approximate surface area is 212 Å². The van der Waals surface area contributed by atoms with E-state index in [9.17, 15) is 14.4 Å². The molecule has 35 heavy (non-hydrogen) atoms. The van der Waals surface area contributed by atoms with Gasteiger partial charge in [-0.05, 0) is 73.5 Å². The van der Waals surface area contributed by atoms with Crippen LogP contribution in [0.3, 0.4) is 0 Å². The smallest absolute Gasteiger partial charge is 0.283 e. The van der Waals surface area contributed by atoms with Crippen LogP contribution in [0, 0.1) is 13.8 Å². The first kappa shape index (κ1) is 24.3. The second kappa shape index (κ2) is 9.82. The first-order valence-corrected chi connectivity index (χ1v) is 11.3. The van der Waals surface area contributed by atoms with Gasteiger partial charge in [0.2, 0.25) is 0 Å². The molecular weight excluding hydrogens is 489 g/mol. The quantitative estimate of drug-likeness (QED) is 0.419. The minimum absolute atomic E-state index is 0.120. The third-order valence-electron chi connectivity index (χ3n) is 5.57. The van der Waals surface area contributed by atoms with Crippen molar-refractivity contribution < 1.29 is 19.1 Å². The van der Waals surface area contributed by atoms with E-state index in [1.54, 1.807) is 36.4 Å². The van der Waals surface area contributed by atoms with Gasteiger partial charge in [0.15, 0.2) is 0 Å². The van der Waals surface area contributed by atoms with Crippen molar-refractivity contribution in [2.24, 2.45) is 0 Å². The zero-order valence-electron chi connectivity index (χ0n) is 19.1. The first-order valence-electron chi connectivity index (χ1n) is 10.6. The Balaban J connectivity index is 1.56. The Morgan fingerprint density at radius 2 is 1.66 bits per heavy atom. The zero-order valence-corrected chi connectivity index (χ0v) is 20.6. The van der Waals surface area contributed by atoms with Gasteiger partial charge in [-0.15, -0.1) is 0 Å². The van der Waals surface area contributed by atoms with Crippen molar-refractivity contribution in [2.75, 3.05) is 22.6 Å². The molecule has 0 saturated carbocycles. The standard InChI is InChI=1S/C26H21Cl2N3O4/c1-14-7-9-19(11-15(14)2)30-24(32)16-5-4-6-18(12-16)29-23-22(28)25(33)31(26(23)34)20-13-17(27)8-10-21(20)35-3/h4-13,29H,1-3H3,(H,30,32). The van der Waals surface area contributed by atoms with Crippen LogP contribution in [-0.4, -0.2) is 24.8 Å². The summed E-state index contributed by atoms with van der Waals surface area (Å²) in [5, 5.41) is 5.77. The number of nitrogens with zero attached hydrogens (tertiary/aromatic N) is 1. The van der Waals surface area contributed by atoms with Crippen LogP contribution in [0.5, 0.6) is 5.75 Å². The van der Waals surface area contributed by atoms with E-state index in [1.165, 1.54) is 13.2 Å². The molecule has 0 aromatic heterocycles. The lowest BCUT2D eigenvalue weighted by atomic mass is 10.1. The van der Waals surface area contributed by atoms with E-state index in [0.29, 0.717) is 22.0 Å². The van der Waals surface area contributed by atoms with Crippen LogP contribution in [0.25, 0.3) is 0 Å². The summed E-state index contributed by atoms with van der Waals surface area (Å²) in [6.07, 6.45) is 0. The van der Waals surface area contributed by atoms with E-state index < -0.39 is 11.8 Å². The monoisotopic (exact) mass is 509 g/mol. The summed E-state index contributed by atoms with van der Waals surface area (Å²) >= 11 is 12.3. The molecule has 4 rings (SSSR count). The number of amides is 3. The Bertz CT molecular complexity index is 1400. The lowest BCUT2D eigenvalue weighted by Gasteiger charge is -2.18. The number of imide groups is 1. The van der Waals surface area contributed by atoms with E-state index in [2.05, 4.69) is 10.6 Å². The van der Waals surface area contributed by atoms with Crippen molar-refractivity contribution in [1.82, 2.24) is 0 Å². The number of methoxy groups -OCH3 is 1. The van der Waals surface area contributed by atoms with E-state index in [1.807, 2.05) is 32.0 Å². The highest BCUT2D eigenvalue weighted by atomic mass is 35.5. The molecule has 1 aliphatic rings. The van der Waals surface area contributed by atoms with Gasteiger partial charge < -0.3 is 15.4 Å². The minimum Gasteiger partial charge on any atom is -0.495 e. The summed E-state index contributed by atoms with van der Waals surface area (Å²) in [6.45, 7) is 3.96. The highest BCUT2D eigenvalue weighted by molar-refractivity contribution is 6.53. The van der Waals surface area contributed by atoms with Gasteiger partial charge in [0.05, 0.1) is 12.8 Å². The van der Waals surface area contributed by atoms with Crippen molar-refractivity contribution in [3.8, 4) is 5.75 Å². The van der Waals surface area contributed by atoms with Crippen molar-refractivity contribution in [3.63, 3.8) is 0 Å². The van der Waals surface area contributed by atoms with Gasteiger partial charge in [-0.2, -0.15) is 0 Å². The summed E-state index contributed by atoms with van der Waals surface area (Å²) in [5.74, 6) is -1.43. The van der Waals surface area contributed by atoms with Gasteiger partial charge in [-0.1, -0.05) is 35.3 Å². The molecule has 1 heterocycles. The molecule has 0 radical (unpaired) electrons. The maximum Gasteiger partial charge on any atom is 0.283 e. The van der Waals surface area contributed by atoms with Gasteiger partial charge in [0.1, 0.15) is 16.5 Å².